The van der Waals surface area contributed by atoms with E-state index in [2.05, 4.69) is 5.32 Å². The van der Waals surface area contributed by atoms with E-state index in [9.17, 15) is 18.4 Å². The number of amides is 2. The maximum atomic E-state index is 13.7. The Labute approximate surface area is 143 Å². The lowest BCUT2D eigenvalue weighted by Gasteiger charge is -2.17. The zero-order valence-electron chi connectivity index (χ0n) is 13.5. The molecule has 0 aromatic heterocycles. The number of hydrogen-bond donors (Lipinski definition) is 1. The molecule has 3 rings (SSSR count). The van der Waals surface area contributed by atoms with E-state index >= 15 is 0 Å². The fourth-order valence-electron chi connectivity index (χ4n) is 2.74. The highest BCUT2D eigenvalue weighted by Crippen LogP contribution is 2.28. The Kier molecular flexibility index (Phi) is 4.65. The molecule has 0 bridgehead atoms. The maximum Gasteiger partial charge on any atom is 0.229 e. The maximum absolute atomic E-state index is 13.7. The number of ether oxygens (including phenoxy) is 1. The molecule has 1 saturated heterocycles. The van der Waals surface area contributed by atoms with Crippen LogP contribution in [-0.4, -0.2) is 25.5 Å². The highest BCUT2D eigenvalue weighted by Gasteiger charge is 2.35. The van der Waals surface area contributed by atoms with Crippen molar-refractivity contribution in [3.63, 3.8) is 0 Å². The number of rotatable bonds is 4. The van der Waals surface area contributed by atoms with Gasteiger partial charge in [0.25, 0.3) is 0 Å². The van der Waals surface area contributed by atoms with Crippen LogP contribution in [0.5, 0.6) is 5.75 Å². The van der Waals surface area contributed by atoms with Gasteiger partial charge in [-0.25, -0.2) is 8.78 Å². The molecule has 1 N–H and O–H groups in total. The summed E-state index contributed by atoms with van der Waals surface area (Å²) in [7, 11) is 1.53. The first-order valence-corrected chi connectivity index (χ1v) is 7.68. The molecule has 1 heterocycles. The number of hydrogen-bond acceptors (Lipinski definition) is 3. The van der Waals surface area contributed by atoms with Gasteiger partial charge in [-0.05, 0) is 24.3 Å². The predicted octanol–water partition coefficient (Wildman–Crippen LogP) is 2.97. The van der Waals surface area contributed by atoms with Crippen molar-refractivity contribution < 1.29 is 23.1 Å². The second-order valence-electron chi connectivity index (χ2n) is 5.72. The predicted molar refractivity (Wildman–Crippen MR) is 88.4 cm³/mol. The summed E-state index contributed by atoms with van der Waals surface area (Å²) < 4.78 is 31.7. The van der Waals surface area contributed by atoms with Gasteiger partial charge >= 0.3 is 0 Å². The second kappa shape index (κ2) is 6.88. The van der Waals surface area contributed by atoms with E-state index in [0.717, 1.165) is 12.1 Å². The standard InChI is InChI=1S/C18H16F2N2O3/c1-25-14-4-2-3-13(9-14)22-10-11(7-17(22)23)18(24)21-16-6-5-12(19)8-15(16)20/h2-6,8-9,11H,7,10H2,1H3,(H,21,24)/t11-/m0/s1. The van der Waals surface area contributed by atoms with Gasteiger partial charge in [0.1, 0.15) is 17.4 Å². The molecule has 25 heavy (non-hydrogen) atoms. The van der Waals surface area contributed by atoms with E-state index < -0.39 is 23.5 Å². The number of benzene rings is 2. The fourth-order valence-corrected chi connectivity index (χ4v) is 2.74. The Bertz CT molecular complexity index is 826. The molecular formula is C18H16F2N2O3. The van der Waals surface area contributed by atoms with Gasteiger partial charge in [0.05, 0.1) is 18.7 Å². The quantitative estimate of drug-likeness (QED) is 0.926. The van der Waals surface area contributed by atoms with Gasteiger partial charge in [-0.2, -0.15) is 0 Å². The summed E-state index contributed by atoms with van der Waals surface area (Å²) in [6.45, 7) is 0.181. The number of anilines is 2. The van der Waals surface area contributed by atoms with Gasteiger partial charge in [-0.15, -0.1) is 0 Å². The van der Waals surface area contributed by atoms with Crippen LogP contribution in [0.25, 0.3) is 0 Å². The third-order valence-electron chi connectivity index (χ3n) is 4.05. The van der Waals surface area contributed by atoms with Crippen molar-refractivity contribution in [2.45, 2.75) is 6.42 Å². The van der Waals surface area contributed by atoms with Crippen molar-refractivity contribution in [3.8, 4) is 5.75 Å². The van der Waals surface area contributed by atoms with Gasteiger partial charge in [-0.3, -0.25) is 9.59 Å². The van der Waals surface area contributed by atoms with E-state index in [4.69, 9.17) is 4.74 Å². The summed E-state index contributed by atoms with van der Waals surface area (Å²) in [5.74, 6) is -2.29. The van der Waals surface area contributed by atoms with E-state index in [-0.39, 0.29) is 24.6 Å². The van der Waals surface area contributed by atoms with Gasteiger partial charge in [0.2, 0.25) is 11.8 Å². The van der Waals surface area contributed by atoms with Crippen molar-refractivity contribution in [3.05, 3.63) is 54.1 Å². The highest BCUT2D eigenvalue weighted by atomic mass is 19.1. The number of nitrogens with one attached hydrogen (secondary N) is 1. The number of carbonyl (C=O) groups excluding carboxylic acids is 2. The van der Waals surface area contributed by atoms with Crippen LogP contribution in [0, 0.1) is 17.6 Å². The first kappa shape index (κ1) is 16.9. The lowest BCUT2D eigenvalue weighted by atomic mass is 10.1. The van der Waals surface area contributed by atoms with Crippen LogP contribution in [0.4, 0.5) is 20.2 Å². The van der Waals surface area contributed by atoms with Crippen molar-refractivity contribution >= 4 is 23.2 Å². The Morgan fingerprint density at radius 2 is 2.04 bits per heavy atom. The molecule has 0 spiro atoms. The van der Waals surface area contributed by atoms with Crippen LogP contribution in [0.15, 0.2) is 42.5 Å². The molecule has 2 aromatic rings. The summed E-state index contributed by atoms with van der Waals surface area (Å²) in [4.78, 5) is 26.1. The lowest BCUT2D eigenvalue weighted by molar-refractivity contribution is -0.122. The normalized spacial score (nSPS) is 16.8. The first-order chi connectivity index (χ1) is 12.0. The van der Waals surface area contributed by atoms with Crippen LogP contribution in [-0.2, 0) is 9.59 Å². The van der Waals surface area contributed by atoms with Crippen molar-refractivity contribution in [1.82, 2.24) is 0 Å². The van der Waals surface area contributed by atoms with Gasteiger partial charge in [0, 0.05) is 30.8 Å². The molecule has 2 aromatic carbocycles. The zero-order chi connectivity index (χ0) is 18.0. The van der Waals surface area contributed by atoms with Gasteiger partial charge < -0.3 is 15.0 Å². The Morgan fingerprint density at radius 3 is 2.76 bits per heavy atom. The van der Waals surface area contributed by atoms with Crippen molar-refractivity contribution in [1.29, 1.82) is 0 Å². The SMILES string of the molecule is COc1cccc(N2C[C@@H](C(=O)Nc3ccc(F)cc3F)CC2=O)c1. The molecule has 0 unspecified atom stereocenters. The number of halogens is 2. The first-order valence-electron chi connectivity index (χ1n) is 7.68. The van der Waals surface area contributed by atoms with Crippen LogP contribution in [0.2, 0.25) is 0 Å². The van der Waals surface area contributed by atoms with E-state index in [1.54, 1.807) is 24.3 Å². The molecule has 0 saturated carbocycles. The summed E-state index contributed by atoms with van der Waals surface area (Å²) in [6.07, 6.45) is 0.0197. The third kappa shape index (κ3) is 3.60. The molecule has 0 radical (unpaired) electrons. The van der Waals surface area contributed by atoms with E-state index in [1.165, 1.54) is 12.0 Å². The highest BCUT2D eigenvalue weighted by molar-refractivity contribution is 6.03. The summed E-state index contributed by atoms with van der Waals surface area (Å²) >= 11 is 0. The summed E-state index contributed by atoms with van der Waals surface area (Å²) in [6, 6.07) is 9.87. The minimum Gasteiger partial charge on any atom is -0.497 e. The number of methoxy groups -OCH3 is 1. The minimum absolute atomic E-state index is 0.0197. The van der Waals surface area contributed by atoms with Crippen LogP contribution in [0.1, 0.15) is 6.42 Å². The monoisotopic (exact) mass is 346 g/mol. The molecule has 2 amide bonds. The number of carbonyl (C=O) groups is 2. The lowest BCUT2D eigenvalue weighted by Crippen LogP contribution is -2.28. The summed E-state index contributed by atoms with van der Waals surface area (Å²) in [5, 5.41) is 2.41. The molecule has 1 fully saturated rings. The van der Waals surface area contributed by atoms with Gasteiger partial charge in [0.15, 0.2) is 0 Å². The molecule has 1 aliphatic rings. The smallest absolute Gasteiger partial charge is 0.229 e. The third-order valence-corrected chi connectivity index (χ3v) is 4.05. The Morgan fingerprint density at radius 1 is 1.24 bits per heavy atom. The topological polar surface area (TPSA) is 58.6 Å². The Hall–Kier alpha value is -2.96. The average Bonchev–Trinajstić information content (AvgIpc) is 2.99. The van der Waals surface area contributed by atoms with E-state index in [1.807, 2.05) is 0 Å². The molecule has 7 heteroatoms. The van der Waals surface area contributed by atoms with Crippen LogP contribution in [0.3, 0.4) is 0 Å². The second-order valence-corrected chi connectivity index (χ2v) is 5.72. The fraction of sp³-hybridized carbons (Fsp3) is 0.222. The average molecular weight is 346 g/mol. The Balaban J connectivity index is 1.72. The van der Waals surface area contributed by atoms with Crippen molar-refractivity contribution in [2.75, 3.05) is 23.9 Å². The van der Waals surface area contributed by atoms with Crippen molar-refractivity contribution in [2.24, 2.45) is 5.92 Å². The largest absolute Gasteiger partial charge is 0.497 e. The van der Waals surface area contributed by atoms with Crippen LogP contribution >= 0.6 is 0 Å². The zero-order valence-corrected chi connectivity index (χ0v) is 13.5. The van der Waals surface area contributed by atoms with Crippen LogP contribution < -0.4 is 15.0 Å². The van der Waals surface area contributed by atoms with Gasteiger partial charge in [-0.1, -0.05) is 6.07 Å². The molecule has 1 atom stereocenters. The minimum atomic E-state index is -0.859. The molecule has 1 aliphatic heterocycles. The molecule has 0 aliphatic carbocycles. The summed E-state index contributed by atoms with van der Waals surface area (Å²) in [5.41, 5.74) is 0.520. The number of nitrogens with zero attached hydrogens (tertiary/aromatic N) is 1. The van der Waals surface area contributed by atoms with E-state index in [0.29, 0.717) is 17.5 Å². The molecule has 130 valence electrons. The molecule has 5 nitrogen and oxygen atoms in total. The molecular weight excluding hydrogens is 330 g/mol.